The Labute approximate surface area is 122 Å². The van der Waals surface area contributed by atoms with Crippen molar-refractivity contribution >= 4 is 37.3 Å². The van der Waals surface area contributed by atoms with Gasteiger partial charge in [0.15, 0.2) is 0 Å². The van der Waals surface area contributed by atoms with Crippen LogP contribution in [0.1, 0.15) is 18.2 Å². The number of nitrogens with one attached hydrogen (secondary N) is 1. The van der Waals surface area contributed by atoms with E-state index in [4.69, 9.17) is 0 Å². The van der Waals surface area contributed by atoms with Crippen molar-refractivity contribution in [1.29, 1.82) is 0 Å². The third-order valence-corrected chi connectivity index (χ3v) is 5.90. The number of hydrogen-bond acceptors (Lipinski definition) is 4. The Hall–Kier alpha value is 0.0500. The summed E-state index contributed by atoms with van der Waals surface area (Å²) in [5.41, 5.74) is 0. The van der Waals surface area contributed by atoms with Crippen LogP contribution < -0.4 is 4.72 Å². The van der Waals surface area contributed by atoms with Crippen LogP contribution in [-0.2, 0) is 10.0 Å². The van der Waals surface area contributed by atoms with Crippen molar-refractivity contribution in [2.45, 2.75) is 31.2 Å². The number of nitrogens with zero attached hydrogens (tertiary/aromatic N) is 1. The van der Waals surface area contributed by atoms with E-state index >= 15 is 0 Å². The number of rotatable bonds is 6. The molecular weight excluding hydrogens is 336 g/mol. The monoisotopic (exact) mass is 354 g/mol. The molecular formula is C11H19BrN2O2S2. The summed E-state index contributed by atoms with van der Waals surface area (Å²) in [6, 6.07) is 1.58. The van der Waals surface area contributed by atoms with Gasteiger partial charge in [-0.05, 0) is 62.9 Å². The topological polar surface area (TPSA) is 49.4 Å². The Kier molecular flexibility index (Phi) is 5.79. The maximum absolute atomic E-state index is 12.2. The summed E-state index contributed by atoms with van der Waals surface area (Å²) in [6.45, 7) is 4.56. The zero-order valence-electron chi connectivity index (χ0n) is 11.0. The molecule has 0 aliphatic heterocycles. The van der Waals surface area contributed by atoms with E-state index in [1.165, 1.54) is 11.3 Å². The highest BCUT2D eigenvalue weighted by atomic mass is 79.9. The fourth-order valence-corrected chi connectivity index (χ4v) is 5.23. The van der Waals surface area contributed by atoms with Gasteiger partial charge < -0.3 is 4.90 Å². The number of hydrogen-bond donors (Lipinski definition) is 1. The molecule has 1 heterocycles. The number of sulfonamides is 1. The van der Waals surface area contributed by atoms with E-state index in [-0.39, 0.29) is 6.04 Å². The third kappa shape index (κ3) is 4.62. The fourth-order valence-electron chi connectivity index (χ4n) is 1.54. The molecule has 0 spiro atoms. The average Bonchev–Trinajstić information content (AvgIpc) is 2.55. The SMILES string of the molecule is Cc1sc(Br)cc1S(=O)(=O)NC(C)CCN(C)C. The van der Waals surface area contributed by atoms with Crippen LogP contribution in [0.15, 0.2) is 14.7 Å². The van der Waals surface area contributed by atoms with E-state index in [9.17, 15) is 8.42 Å². The highest BCUT2D eigenvalue weighted by molar-refractivity contribution is 9.11. The molecule has 1 atom stereocenters. The largest absolute Gasteiger partial charge is 0.309 e. The second kappa shape index (κ2) is 6.47. The van der Waals surface area contributed by atoms with Crippen LogP contribution in [0.4, 0.5) is 0 Å². The zero-order valence-corrected chi connectivity index (χ0v) is 14.2. The van der Waals surface area contributed by atoms with Gasteiger partial charge in [-0.25, -0.2) is 13.1 Å². The van der Waals surface area contributed by atoms with Gasteiger partial charge in [0.1, 0.15) is 0 Å². The summed E-state index contributed by atoms with van der Waals surface area (Å²) in [5, 5.41) is 0. The predicted molar refractivity (Wildman–Crippen MR) is 79.7 cm³/mol. The first-order valence-corrected chi connectivity index (χ1v) is 8.74. The summed E-state index contributed by atoms with van der Waals surface area (Å²) in [4.78, 5) is 3.21. The summed E-state index contributed by atoms with van der Waals surface area (Å²) < 4.78 is 27.9. The molecule has 0 fully saturated rings. The molecule has 0 bridgehead atoms. The van der Waals surface area contributed by atoms with Crippen LogP contribution in [0, 0.1) is 6.92 Å². The normalized spacial score (nSPS) is 14.1. The summed E-state index contributed by atoms with van der Waals surface area (Å²) >= 11 is 4.74. The van der Waals surface area contributed by atoms with E-state index in [0.717, 1.165) is 21.6 Å². The Bertz CT molecular complexity index is 497. The first-order chi connectivity index (χ1) is 8.22. The van der Waals surface area contributed by atoms with Gasteiger partial charge in [0, 0.05) is 10.9 Å². The molecule has 1 N–H and O–H groups in total. The maximum atomic E-state index is 12.2. The maximum Gasteiger partial charge on any atom is 0.241 e. The number of halogens is 1. The summed E-state index contributed by atoms with van der Waals surface area (Å²) in [6.07, 6.45) is 0.788. The van der Waals surface area contributed by atoms with Crippen molar-refractivity contribution in [2.24, 2.45) is 0 Å². The van der Waals surface area contributed by atoms with Gasteiger partial charge in [-0.1, -0.05) is 0 Å². The molecule has 1 unspecified atom stereocenters. The molecule has 1 aromatic heterocycles. The van der Waals surface area contributed by atoms with Crippen molar-refractivity contribution < 1.29 is 8.42 Å². The lowest BCUT2D eigenvalue weighted by Gasteiger charge is -2.16. The highest BCUT2D eigenvalue weighted by Gasteiger charge is 2.21. The minimum absolute atomic E-state index is 0.0736. The minimum atomic E-state index is -3.41. The molecule has 0 radical (unpaired) electrons. The Morgan fingerprint density at radius 3 is 2.56 bits per heavy atom. The van der Waals surface area contributed by atoms with Gasteiger partial charge in [0.2, 0.25) is 10.0 Å². The first-order valence-electron chi connectivity index (χ1n) is 5.65. The van der Waals surface area contributed by atoms with Gasteiger partial charge in [-0.2, -0.15) is 0 Å². The van der Waals surface area contributed by atoms with Gasteiger partial charge in [0.25, 0.3) is 0 Å². The van der Waals surface area contributed by atoms with Crippen molar-refractivity contribution in [3.63, 3.8) is 0 Å². The zero-order chi connectivity index (χ0) is 13.9. The standard InChI is InChI=1S/C11H19BrN2O2S2/c1-8(5-6-14(3)4)13-18(15,16)10-7-11(12)17-9(10)2/h7-8,13H,5-6H2,1-4H3. The van der Waals surface area contributed by atoms with Crippen LogP contribution >= 0.6 is 27.3 Å². The molecule has 0 saturated heterocycles. The van der Waals surface area contributed by atoms with E-state index in [2.05, 4.69) is 20.7 Å². The van der Waals surface area contributed by atoms with E-state index < -0.39 is 10.0 Å². The molecule has 0 aliphatic carbocycles. The molecule has 1 aromatic rings. The average molecular weight is 355 g/mol. The van der Waals surface area contributed by atoms with Crippen molar-refractivity contribution in [2.75, 3.05) is 20.6 Å². The molecule has 4 nitrogen and oxygen atoms in total. The minimum Gasteiger partial charge on any atom is -0.309 e. The van der Waals surface area contributed by atoms with Crippen molar-refractivity contribution in [3.8, 4) is 0 Å². The van der Waals surface area contributed by atoms with Crippen LogP contribution in [0.2, 0.25) is 0 Å². The Morgan fingerprint density at radius 1 is 1.50 bits per heavy atom. The molecule has 7 heteroatoms. The molecule has 18 heavy (non-hydrogen) atoms. The lowest BCUT2D eigenvalue weighted by molar-refractivity contribution is 0.379. The van der Waals surface area contributed by atoms with Gasteiger partial charge >= 0.3 is 0 Å². The molecule has 0 aliphatic rings. The number of aryl methyl sites for hydroxylation is 1. The molecule has 0 amide bonds. The highest BCUT2D eigenvalue weighted by Crippen LogP contribution is 2.29. The summed E-state index contributed by atoms with van der Waals surface area (Å²) in [5.74, 6) is 0. The van der Waals surface area contributed by atoms with Gasteiger partial charge in [-0.15, -0.1) is 11.3 Å². The second-order valence-electron chi connectivity index (χ2n) is 4.59. The van der Waals surface area contributed by atoms with Gasteiger partial charge in [-0.3, -0.25) is 0 Å². The number of thiophene rings is 1. The fraction of sp³-hybridized carbons (Fsp3) is 0.636. The summed E-state index contributed by atoms with van der Waals surface area (Å²) in [7, 11) is 0.542. The van der Waals surface area contributed by atoms with Crippen LogP contribution in [-0.4, -0.2) is 40.0 Å². The van der Waals surface area contributed by atoms with Crippen molar-refractivity contribution in [3.05, 3.63) is 14.7 Å². The molecule has 0 saturated carbocycles. The smallest absolute Gasteiger partial charge is 0.241 e. The van der Waals surface area contributed by atoms with Crippen LogP contribution in [0.5, 0.6) is 0 Å². The predicted octanol–water partition coefficient (Wildman–Crippen LogP) is 2.44. The third-order valence-electron chi connectivity index (χ3n) is 2.50. The second-order valence-corrected chi connectivity index (χ2v) is 8.90. The van der Waals surface area contributed by atoms with Crippen LogP contribution in [0.25, 0.3) is 0 Å². The van der Waals surface area contributed by atoms with Gasteiger partial charge in [0.05, 0.1) is 8.68 Å². The molecule has 1 rings (SSSR count). The quantitative estimate of drug-likeness (QED) is 0.853. The van der Waals surface area contributed by atoms with E-state index in [0.29, 0.717) is 4.90 Å². The Balaban J connectivity index is 2.73. The van der Waals surface area contributed by atoms with Crippen LogP contribution in [0.3, 0.4) is 0 Å². The van der Waals surface area contributed by atoms with Crippen molar-refractivity contribution in [1.82, 2.24) is 9.62 Å². The molecule has 104 valence electrons. The lowest BCUT2D eigenvalue weighted by Crippen LogP contribution is -2.34. The Morgan fingerprint density at radius 2 is 2.11 bits per heavy atom. The molecule has 0 aromatic carbocycles. The van der Waals surface area contributed by atoms with E-state index in [1.807, 2.05) is 32.8 Å². The first kappa shape index (κ1) is 16.1. The lowest BCUT2D eigenvalue weighted by atomic mass is 10.2. The van der Waals surface area contributed by atoms with E-state index in [1.54, 1.807) is 6.07 Å².